The van der Waals surface area contributed by atoms with Crippen LogP contribution in [0.1, 0.15) is 22.2 Å². The molecule has 4 nitrogen and oxygen atoms in total. The average Bonchev–Trinajstić information content (AvgIpc) is 3.01. The van der Waals surface area contributed by atoms with Crippen molar-refractivity contribution in [3.05, 3.63) is 59.0 Å². The van der Waals surface area contributed by atoms with Crippen molar-refractivity contribution < 1.29 is 9.21 Å². The van der Waals surface area contributed by atoms with Crippen LogP contribution >= 0.6 is 11.6 Å². The molecule has 2 aromatic rings. The fourth-order valence-corrected chi connectivity index (χ4v) is 2.70. The number of piperazine rings is 1. The molecule has 1 atom stereocenters. The van der Waals surface area contributed by atoms with E-state index >= 15 is 0 Å². The monoisotopic (exact) mass is 290 g/mol. The topological polar surface area (TPSA) is 45.5 Å². The maximum atomic E-state index is 12.5. The number of hydrogen-bond donors (Lipinski definition) is 1. The molecular formula is C15H15ClN2O2. The van der Waals surface area contributed by atoms with Gasteiger partial charge >= 0.3 is 0 Å². The summed E-state index contributed by atoms with van der Waals surface area (Å²) in [7, 11) is 0. The van der Waals surface area contributed by atoms with Gasteiger partial charge in [-0.3, -0.25) is 4.79 Å². The molecule has 1 unspecified atom stereocenters. The SMILES string of the molecule is O=C(c1ccco1)N1CCNCC1c1cccc(Cl)c1. The molecule has 104 valence electrons. The first-order valence-corrected chi connectivity index (χ1v) is 6.94. The van der Waals surface area contributed by atoms with Crippen LogP contribution in [0.25, 0.3) is 0 Å². The third-order valence-corrected chi connectivity index (χ3v) is 3.70. The molecule has 1 aliphatic heterocycles. The smallest absolute Gasteiger partial charge is 0.290 e. The third kappa shape index (κ3) is 2.57. The predicted octanol–water partition coefficient (Wildman–Crippen LogP) is 2.72. The first kappa shape index (κ1) is 13.2. The van der Waals surface area contributed by atoms with E-state index in [1.807, 2.05) is 29.2 Å². The minimum absolute atomic E-state index is 0.0277. The number of amides is 1. The van der Waals surface area contributed by atoms with Crippen LogP contribution in [-0.2, 0) is 0 Å². The third-order valence-electron chi connectivity index (χ3n) is 3.47. The number of nitrogens with one attached hydrogen (secondary N) is 1. The summed E-state index contributed by atoms with van der Waals surface area (Å²) < 4.78 is 5.22. The van der Waals surface area contributed by atoms with E-state index in [1.54, 1.807) is 12.1 Å². The standard InChI is InChI=1S/C15H15ClN2O2/c16-12-4-1-3-11(9-12)13-10-17-6-7-18(13)15(19)14-5-2-8-20-14/h1-5,8-9,13,17H,6-7,10H2. The highest BCUT2D eigenvalue weighted by atomic mass is 35.5. The molecule has 1 amide bonds. The molecule has 2 heterocycles. The summed E-state index contributed by atoms with van der Waals surface area (Å²) in [5, 5.41) is 3.99. The molecule has 1 aromatic carbocycles. The molecule has 1 aliphatic rings. The number of rotatable bonds is 2. The van der Waals surface area contributed by atoms with Gasteiger partial charge in [0.15, 0.2) is 5.76 Å². The Morgan fingerprint density at radius 1 is 1.35 bits per heavy atom. The molecule has 1 N–H and O–H groups in total. The van der Waals surface area contributed by atoms with Crippen molar-refractivity contribution in [1.82, 2.24) is 10.2 Å². The Labute approximate surface area is 122 Å². The van der Waals surface area contributed by atoms with Gasteiger partial charge in [0.25, 0.3) is 5.91 Å². The zero-order valence-corrected chi connectivity index (χ0v) is 11.6. The minimum Gasteiger partial charge on any atom is -0.459 e. The van der Waals surface area contributed by atoms with Crippen molar-refractivity contribution >= 4 is 17.5 Å². The van der Waals surface area contributed by atoms with Gasteiger partial charge in [-0.1, -0.05) is 23.7 Å². The number of nitrogens with zero attached hydrogens (tertiary/aromatic N) is 1. The van der Waals surface area contributed by atoms with E-state index in [1.165, 1.54) is 6.26 Å². The van der Waals surface area contributed by atoms with Gasteiger partial charge in [-0.15, -0.1) is 0 Å². The number of benzene rings is 1. The van der Waals surface area contributed by atoms with E-state index in [0.717, 1.165) is 12.1 Å². The molecule has 1 aromatic heterocycles. The quantitative estimate of drug-likeness (QED) is 0.925. The molecule has 1 fully saturated rings. The molecule has 0 radical (unpaired) electrons. The van der Waals surface area contributed by atoms with Crippen LogP contribution in [0.5, 0.6) is 0 Å². The molecule has 0 saturated carbocycles. The summed E-state index contributed by atoms with van der Waals surface area (Å²) in [4.78, 5) is 14.3. The van der Waals surface area contributed by atoms with Gasteiger partial charge in [0.05, 0.1) is 12.3 Å². The van der Waals surface area contributed by atoms with E-state index in [2.05, 4.69) is 5.32 Å². The van der Waals surface area contributed by atoms with Crippen LogP contribution in [-0.4, -0.2) is 30.4 Å². The summed E-state index contributed by atoms with van der Waals surface area (Å²) in [5.41, 5.74) is 1.03. The van der Waals surface area contributed by atoms with Crippen LogP contribution < -0.4 is 5.32 Å². The largest absolute Gasteiger partial charge is 0.459 e. The van der Waals surface area contributed by atoms with E-state index in [9.17, 15) is 4.79 Å². The molecule has 0 spiro atoms. The highest BCUT2D eigenvalue weighted by Gasteiger charge is 2.29. The summed E-state index contributed by atoms with van der Waals surface area (Å²) in [6.07, 6.45) is 1.52. The Morgan fingerprint density at radius 3 is 3.00 bits per heavy atom. The first-order chi connectivity index (χ1) is 9.75. The Balaban J connectivity index is 1.89. The highest BCUT2D eigenvalue weighted by Crippen LogP contribution is 2.26. The second kappa shape index (κ2) is 5.69. The van der Waals surface area contributed by atoms with Gasteiger partial charge in [-0.2, -0.15) is 0 Å². The summed E-state index contributed by atoms with van der Waals surface area (Å²) >= 11 is 6.05. The number of hydrogen-bond acceptors (Lipinski definition) is 3. The summed E-state index contributed by atoms with van der Waals surface area (Å²) in [5.74, 6) is 0.292. The number of halogens is 1. The van der Waals surface area contributed by atoms with Gasteiger partial charge < -0.3 is 14.6 Å². The van der Waals surface area contributed by atoms with Crippen molar-refractivity contribution in [3.63, 3.8) is 0 Å². The maximum Gasteiger partial charge on any atom is 0.290 e. The van der Waals surface area contributed by atoms with Crippen LogP contribution in [0.15, 0.2) is 47.1 Å². The van der Waals surface area contributed by atoms with Crippen LogP contribution in [0.4, 0.5) is 0 Å². The fourth-order valence-electron chi connectivity index (χ4n) is 2.50. The van der Waals surface area contributed by atoms with E-state index in [4.69, 9.17) is 16.0 Å². The molecule has 1 saturated heterocycles. The van der Waals surface area contributed by atoms with Crippen molar-refractivity contribution in [1.29, 1.82) is 0 Å². The maximum absolute atomic E-state index is 12.5. The van der Waals surface area contributed by atoms with E-state index in [-0.39, 0.29) is 11.9 Å². The van der Waals surface area contributed by atoms with Crippen molar-refractivity contribution in [2.45, 2.75) is 6.04 Å². The average molecular weight is 291 g/mol. The van der Waals surface area contributed by atoms with Gasteiger partial charge in [-0.25, -0.2) is 0 Å². The van der Waals surface area contributed by atoms with Crippen molar-refractivity contribution in [3.8, 4) is 0 Å². The Kier molecular flexibility index (Phi) is 3.76. The molecule has 0 aliphatic carbocycles. The Morgan fingerprint density at radius 2 is 2.25 bits per heavy atom. The molecule has 20 heavy (non-hydrogen) atoms. The van der Waals surface area contributed by atoms with E-state index < -0.39 is 0 Å². The van der Waals surface area contributed by atoms with Gasteiger partial charge in [0, 0.05) is 24.7 Å². The van der Waals surface area contributed by atoms with Gasteiger partial charge in [-0.05, 0) is 29.8 Å². The number of carbonyl (C=O) groups is 1. The highest BCUT2D eigenvalue weighted by molar-refractivity contribution is 6.30. The normalized spacial score (nSPS) is 19.1. The molecular weight excluding hydrogens is 276 g/mol. The molecule has 5 heteroatoms. The molecule has 0 bridgehead atoms. The lowest BCUT2D eigenvalue weighted by molar-refractivity contribution is 0.0601. The van der Waals surface area contributed by atoms with Crippen molar-refractivity contribution in [2.24, 2.45) is 0 Å². The second-order valence-corrected chi connectivity index (χ2v) is 5.19. The van der Waals surface area contributed by atoms with Gasteiger partial charge in [0.1, 0.15) is 0 Å². The van der Waals surface area contributed by atoms with E-state index in [0.29, 0.717) is 23.9 Å². The van der Waals surface area contributed by atoms with Crippen LogP contribution in [0.3, 0.4) is 0 Å². The minimum atomic E-state index is -0.0820. The number of furan rings is 1. The number of carbonyl (C=O) groups excluding carboxylic acids is 1. The predicted molar refractivity (Wildman–Crippen MR) is 76.8 cm³/mol. The van der Waals surface area contributed by atoms with Crippen LogP contribution in [0, 0.1) is 0 Å². The lowest BCUT2D eigenvalue weighted by Gasteiger charge is -2.36. The van der Waals surface area contributed by atoms with Crippen LogP contribution in [0.2, 0.25) is 5.02 Å². The molecule has 3 rings (SSSR count). The summed E-state index contributed by atoms with van der Waals surface area (Å²) in [6.45, 7) is 2.15. The zero-order valence-electron chi connectivity index (χ0n) is 10.9. The first-order valence-electron chi connectivity index (χ1n) is 6.56. The lowest BCUT2D eigenvalue weighted by atomic mass is 10.0. The van der Waals surface area contributed by atoms with Crippen molar-refractivity contribution in [2.75, 3.05) is 19.6 Å². The summed E-state index contributed by atoms with van der Waals surface area (Å²) in [6, 6.07) is 11.0. The lowest BCUT2D eigenvalue weighted by Crippen LogP contribution is -2.48. The zero-order chi connectivity index (χ0) is 13.9. The second-order valence-electron chi connectivity index (χ2n) is 4.75. The van der Waals surface area contributed by atoms with Gasteiger partial charge in [0.2, 0.25) is 0 Å². The fraction of sp³-hybridized carbons (Fsp3) is 0.267. The Bertz CT molecular complexity index is 598. The Hall–Kier alpha value is -1.78.